The Balaban J connectivity index is 1.31. The quantitative estimate of drug-likeness (QED) is 0.462. The third-order valence-corrected chi connectivity index (χ3v) is 4.80. The van der Waals surface area contributed by atoms with Gasteiger partial charge < -0.3 is 13.9 Å². The van der Waals surface area contributed by atoms with Crippen molar-refractivity contribution >= 4 is 0 Å². The summed E-state index contributed by atoms with van der Waals surface area (Å²) in [4.78, 5) is 16.4. The molecule has 4 aromatic rings. The van der Waals surface area contributed by atoms with Gasteiger partial charge in [0.2, 0.25) is 0 Å². The van der Waals surface area contributed by atoms with Crippen LogP contribution >= 0.6 is 0 Å². The van der Waals surface area contributed by atoms with Crippen molar-refractivity contribution in [1.29, 1.82) is 0 Å². The highest BCUT2D eigenvalue weighted by molar-refractivity contribution is 5.23. The largest absolute Gasteiger partial charge is 0.489 e. The van der Waals surface area contributed by atoms with Gasteiger partial charge in [-0.25, -0.2) is 4.98 Å². The molecule has 0 saturated heterocycles. The van der Waals surface area contributed by atoms with Gasteiger partial charge in [0.1, 0.15) is 12.4 Å². The Morgan fingerprint density at radius 3 is 2.38 bits per heavy atom. The second kappa shape index (κ2) is 9.06. The fraction of sp³-hybridized carbons (Fsp3) is 0.167. The van der Waals surface area contributed by atoms with Crippen LogP contribution in [0.2, 0.25) is 0 Å². The van der Waals surface area contributed by atoms with Crippen LogP contribution in [0.25, 0.3) is 0 Å². The zero-order valence-electron chi connectivity index (χ0n) is 16.1. The van der Waals surface area contributed by atoms with E-state index in [-0.39, 0.29) is 5.56 Å². The molecule has 0 unspecified atom stereocenters. The van der Waals surface area contributed by atoms with E-state index < -0.39 is 0 Å². The zero-order chi connectivity index (χ0) is 19.9. The molecule has 0 atom stereocenters. The van der Waals surface area contributed by atoms with Gasteiger partial charge in [0.25, 0.3) is 5.56 Å². The van der Waals surface area contributed by atoms with Crippen LogP contribution < -0.4 is 10.3 Å². The highest BCUT2D eigenvalue weighted by Gasteiger charge is 2.02. The van der Waals surface area contributed by atoms with Crippen LogP contribution in [0, 0.1) is 0 Å². The van der Waals surface area contributed by atoms with Crippen LogP contribution in [0.1, 0.15) is 16.7 Å². The topological polar surface area (TPSA) is 49.0 Å². The van der Waals surface area contributed by atoms with Gasteiger partial charge in [-0.2, -0.15) is 0 Å². The van der Waals surface area contributed by atoms with Crippen LogP contribution in [-0.4, -0.2) is 14.1 Å². The molecular weight excluding hydrogens is 362 g/mol. The van der Waals surface area contributed by atoms with Crippen LogP contribution in [0.5, 0.6) is 5.75 Å². The monoisotopic (exact) mass is 385 g/mol. The van der Waals surface area contributed by atoms with Gasteiger partial charge in [-0.1, -0.05) is 54.6 Å². The van der Waals surface area contributed by atoms with E-state index in [2.05, 4.69) is 29.2 Å². The van der Waals surface area contributed by atoms with Crippen molar-refractivity contribution in [2.75, 3.05) is 0 Å². The average Bonchev–Trinajstić information content (AvgIpc) is 3.26. The smallest absolute Gasteiger partial charge is 0.254 e. The lowest BCUT2D eigenvalue weighted by Crippen LogP contribution is -2.19. The Labute approximate surface area is 169 Å². The summed E-state index contributed by atoms with van der Waals surface area (Å²) in [6, 6.07) is 21.8. The zero-order valence-corrected chi connectivity index (χ0v) is 16.1. The number of ether oxygens (including phenoxy) is 1. The molecule has 0 aliphatic carbocycles. The molecule has 0 saturated carbocycles. The third-order valence-electron chi connectivity index (χ3n) is 4.80. The molecule has 0 aliphatic rings. The Kier molecular flexibility index (Phi) is 5.86. The van der Waals surface area contributed by atoms with E-state index in [0.717, 1.165) is 18.5 Å². The maximum Gasteiger partial charge on any atom is 0.254 e. The van der Waals surface area contributed by atoms with Crippen molar-refractivity contribution in [2.45, 2.75) is 26.1 Å². The van der Waals surface area contributed by atoms with Gasteiger partial charge in [-0.3, -0.25) is 4.79 Å². The van der Waals surface area contributed by atoms with E-state index in [1.165, 1.54) is 11.1 Å². The van der Waals surface area contributed by atoms with E-state index in [4.69, 9.17) is 4.74 Å². The summed E-state index contributed by atoms with van der Waals surface area (Å²) in [5.41, 5.74) is 3.46. The second-order valence-electron chi connectivity index (χ2n) is 6.97. The van der Waals surface area contributed by atoms with E-state index in [0.29, 0.717) is 18.9 Å². The van der Waals surface area contributed by atoms with Crippen molar-refractivity contribution in [2.24, 2.45) is 0 Å². The van der Waals surface area contributed by atoms with Gasteiger partial charge in [0.05, 0.1) is 6.33 Å². The van der Waals surface area contributed by atoms with Gasteiger partial charge in [-0.15, -0.1) is 0 Å². The third kappa shape index (κ3) is 5.23. The maximum atomic E-state index is 12.4. The minimum absolute atomic E-state index is 0.0488. The number of benzene rings is 2. The first-order valence-electron chi connectivity index (χ1n) is 9.67. The molecule has 0 N–H and O–H groups in total. The first kappa shape index (κ1) is 18.7. The Hall–Kier alpha value is -3.60. The minimum Gasteiger partial charge on any atom is -0.489 e. The summed E-state index contributed by atoms with van der Waals surface area (Å²) >= 11 is 0. The molecule has 2 aromatic heterocycles. The molecule has 0 amide bonds. The normalized spacial score (nSPS) is 10.8. The van der Waals surface area contributed by atoms with E-state index >= 15 is 0 Å². The fourth-order valence-electron chi connectivity index (χ4n) is 3.16. The van der Waals surface area contributed by atoms with Crippen molar-refractivity contribution in [3.8, 4) is 5.75 Å². The molecule has 2 heterocycles. The van der Waals surface area contributed by atoms with Crippen molar-refractivity contribution in [1.82, 2.24) is 14.1 Å². The molecule has 0 fully saturated rings. The summed E-state index contributed by atoms with van der Waals surface area (Å²) in [6.07, 6.45) is 8.15. The van der Waals surface area contributed by atoms with Gasteiger partial charge in [0.15, 0.2) is 0 Å². The molecule has 2 aromatic carbocycles. The summed E-state index contributed by atoms with van der Waals surface area (Å²) in [5, 5.41) is 0. The predicted octanol–water partition coefficient (Wildman–Crippen LogP) is 3.91. The van der Waals surface area contributed by atoms with Crippen LogP contribution in [-0.2, 0) is 26.1 Å². The van der Waals surface area contributed by atoms with Crippen molar-refractivity contribution in [3.05, 3.63) is 119 Å². The molecule has 5 nitrogen and oxygen atoms in total. The summed E-state index contributed by atoms with van der Waals surface area (Å²) in [5.74, 6) is 0.596. The molecule has 0 radical (unpaired) electrons. The van der Waals surface area contributed by atoms with Crippen LogP contribution in [0.4, 0.5) is 0 Å². The first-order valence-corrected chi connectivity index (χ1v) is 9.67. The van der Waals surface area contributed by atoms with Crippen molar-refractivity contribution < 1.29 is 4.74 Å². The molecule has 29 heavy (non-hydrogen) atoms. The number of hydrogen-bond acceptors (Lipinski definition) is 3. The number of nitrogens with zero attached hydrogens (tertiary/aromatic N) is 3. The molecular formula is C24H23N3O2. The number of rotatable bonds is 8. The molecule has 0 aliphatic heterocycles. The number of hydrogen-bond donors (Lipinski definition) is 0. The fourth-order valence-corrected chi connectivity index (χ4v) is 3.16. The summed E-state index contributed by atoms with van der Waals surface area (Å²) in [6.45, 7) is 1.90. The highest BCUT2D eigenvalue weighted by Crippen LogP contribution is 2.11. The van der Waals surface area contributed by atoms with Crippen molar-refractivity contribution in [3.63, 3.8) is 0 Å². The van der Waals surface area contributed by atoms with Gasteiger partial charge >= 0.3 is 0 Å². The van der Waals surface area contributed by atoms with Gasteiger partial charge in [0, 0.05) is 37.7 Å². The molecule has 0 bridgehead atoms. The number of pyridine rings is 1. The SMILES string of the molecule is O=c1cc(OCc2ccccc2)ccn1CCc1ccc(Cn2ccnc2)cc1. The van der Waals surface area contributed by atoms with E-state index in [1.54, 1.807) is 23.0 Å². The first-order chi connectivity index (χ1) is 14.3. The molecule has 146 valence electrons. The Morgan fingerprint density at radius 2 is 1.66 bits per heavy atom. The number of imidazole rings is 1. The number of aromatic nitrogens is 3. The maximum absolute atomic E-state index is 12.4. The summed E-state index contributed by atoms with van der Waals surface area (Å²) < 4.78 is 9.48. The van der Waals surface area contributed by atoms with Crippen LogP contribution in [0.15, 0.2) is 96.4 Å². The lowest BCUT2D eigenvalue weighted by Gasteiger charge is -2.10. The second-order valence-corrected chi connectivity index (χ2v) is 6.97. The Bertz CT molecular complexity index is 1090. The van der Waals surface area contributed by atoms with E-state index in [9.17, 15) is 4.79 Å². The number of aryl methyl sites for hydroxylation is 2. The van der Waals surface area contributed by atoms with Gasteiger partial charge in [-0.05, 0) is 29.2 Å². The summed E-state index contributed by atoms with van der Waals surface area (Å²) in [7, 11) is 0. The average molecular weight is 385 g/mol. The minimum atomic E-state index is -0.0488. The predicted molar refractivity (Wildman–Crippen MR) is 113 cm³/mol. The standard InChI is InChI=1S/C24H23N3O2/c28-24-16-23(29-18-22-4-2-1-3-5-22)11-14-27(24)13-10-20-6-8-21(9-7-20)17-26-15-12-25-19-26/h1-9,11-12,14-16,19H,10,13,17-18H2. The van der Waals surface area contributed by atoms with E-state index in [1.807, 2.05) is 53.5 Å². The van der Waals surface area contributed by atoms with Crippen LogP contribution in [0.3, 0.4) is 0 Å². The lowest BCUT2D eigenvalue weighted by molar-refractivity contribution is 0.305. The molecule has 4 rings (SSSR count). The molecule has 0 spiro atoms. The Morgan fingerprint density at radius 1 is 0.862 bits per heavy atom. The lowest BCUT2D eigenvalue weighted by atomic mass is 10.1. The molecule has 5 heteroatoms. The highest BCUT2D eigenvalue weighted by atomic mass is 16.5.